The second-order valence-corrected chi connectivity index (χ2v) is 9.76. The first-order valence-corrected chi connectivity index (χ1v) is 13.3. The van der Waals surface area contributed by atoms with Gasteiger partial charge in [0.25, 0.3) is 0 Å². The lowest BCUT2D eigenvalue weighted by Crippen LogP contribution is -2.19. The summed E-state index contributed by atoms with van der Waals surface area (Å²) in [6.45, 7) is 9.43. The standard InChI is InChI=1S/C28H36BrNO3/c1-5-6-7-8-9-18-33-28(32)21(4)22-12-10-13-24-25(22)27(31)23-15-14-19(2)20(3)26(23)30(24)17-11-16-29/h10,12-15,21H,5-9,11,16-18H2,1-4H3. The Kier molecular flexibility index (Phi) is 9.13. The van der Waals surface area contributed by atoms with Crippen LogP contribution in [0.15, 0.2) is 35.1 Å². The molecule has 1 heterocycles. The van der Waals surface area contributed by atoms with E-state index in [4.69, 9.17) is 4.74 Å². The molecular weight excluding hydrogens is 478 g/mol. The van der Waals surface area contributed by atoms with E-state index in [1.54, 1.807) is 0 Å². The number of halogens is 1. The highest BCUT2D eigenvalue weighted by molar-refractivity contribution is 9.09. The van der Waals surface area contributed by atoms with E-state index in [0.29, 0.717) is 17.4 Å². The van der Waals surface area contributed by atoms with Crippen LogP contribution in [0.1, 0.15) is 75.0 Å². The summed E-state index contributed by atoms with van der Waals surface area (Å²) in [4.78, 5) is 26.6. The number of carbonyl (C=O) groups is 1. The molecule has 5 heteroatoms. The molecule has 0 N–H and O–H groups in total. The van der Waals surface area contributed by atoms with Crippen LogP contribution in [-0.2, 0) is 16.1 Å². The summed E-state index contributed by atoms with van der Waals surface area (Å²) in [5.41, 5.74) is 4.92. The number of aromatic nitrogens is 1. The van der Waals surface area contributed by atoms with Gasteiger partial charge < -0.3 is 9.30 Å². The lowest BCUT2D eigenvalue weighted by atomic mass is 9.94. The third-order valence-electron chi connectivity index (χ3n) is 6.64. The van der Waals surface area contributed by atoms with Gasteiger partial charge in [-0.15, -0.1) is 0 Å². The van der Waals surface area contributed by atoms with Gasteiger partial charge in [-0.1, -0.05) is 66.7 Å². The zero-order valence-electron chi connectivity index (χ0n) is 20.4. The number of unbranched alkanes of at least 4 members (excludes halogenated alkanes) is 4. The number of fused-ring (bicyclic) bond motifs is 2. The fourth-order valence-corrected chi connectivity index (χ4v) is 4.81. The van der Waals surface area contributed by atoms with Crippen LogP contribution in [0.2, 0.25) is 0 Å². The number of nitrogens with zero attached hydrogens (tertiary/aromatic N) is 1. The summed E-state index contributed by atoms with van der Waals surface area (Å²) < 4.78 is 7.85. The molecule has 1 aromatic heterocycles. The maximum atomic E-state index is 13.7. The van der Waals surface area contributed by atoms with Gasteiger partial charge in [-0.2, -0.15) is 0 Å². The van der Waals surface area contributed by atoms with Crippen LogP contribution < -0.4 is 5.43 Å². The van der Waals surface area contributed by atoms with Crippen molar-refractivity contribution >= 4 is 43.7 Å². The molecule has 0 saturated carbocycles. The molecule has 0 aliphatic heterocycles. The third kappa shape index (κ3) is 5.51. The SMILES string of the molecule is CCCCCCCOC(=O)C(C)c1cccc2c1c(=O)c1ccc(C)c(C)c1n2CCCBr. The van der Waals surface area contributed by atoms with Crippen molar-refractivity contribution in [2.24, 2.45) is 0 Å². The minimum Gasteiger partial charge on any atom is -0.465 e. The van der Waals surface area contributed by atoms with E-state index in [1.165, 1.54) is 24.8 Å². The van der Waals surface area contributed by atoms with Gasteiger partial charge in [0.05, 0.1) is 28.9 Å². The number of hydrogen-bond acceptors (Lipinski definition) is 3. The monoisotopic (exact) mass is 513 g/mol. The van der Waals surface area contributed by atoms with Gasteiger partial charge in [0.1, 0.15) is 0 Å². The minimum atomic E-state index is -0.495. The largest absolute Gasteiger partial charge is 0.465 e. The molecule has 0 spiro atoms. The van der Waals surface area contributed by atoms with E-state index < -0.39 is 5.92 Å². The molecule has 3 rings (SSSR count). The molecule has 0 aliphatic rings. The number of pyridine rings is 1. The Labute approximate surface area is 205 Å². The Bertz CT molecular complexity index is 1180. The lowest BCUT2D eigenvalue weighted by Gasteiger charge is -2.20. The number of ether oxygens (including phenoxy) is 1. The zero-order chi connectivity index (χ0) is 24.0. The van der Waals surface area contributed by atoms with Gasteiger partial charge in [-0.25, -0.2) is 0 Å². The lowest BCUT2D eigenvalue weighted by molar-refractivity contribution is -0.145. The van der Waals surface area contributed by atoms with Crippen LogP contribution in [-0.4, -0.2) is 22.5 Å². The highest BCUT2D eigenvalue weighted by Crippen LogP contribution is 2.30. The van der Waals surface area contributed by atoms with Crippen LogP contribution in [0.3, 0.4) is 0 Å². The molecule has 0 fully saturated rings. The van der Waals surface area contributed by atoms with E-state index in [0.717, 1.165) is 53.3 Å². The van der Waals surface area contributed by atoms with Gasteiger partial charge in [0.15, 0.2) is 5.43 Å². The smallest absolute Gasteiger partial charge is 0.313 e. The first-order chi connectivity index (χ1) is 15.9. The normalized spacial score (nSPS) is 12.4. The summed E-state index contributed by atoms with van der Waals surface area (Å²) in [5.74, 6) is -0.754. The quantitative estimate of drug-likeness (QED) is 0.118. The van der Waals surface area contributed by atoms with E-state index >= 15 is 0 Å². The van der Waals surface area contributed by atoms with Crippen molar-refractivity contribution in [1.29, 1.82) is 0 Å². The third-order valence-corrected chi connectivity index (χ3v) is 7.20. The highest BCUT2D eigenvalue weighted by Gasteiger charge is 2.23. The second-order valence-electron chi connectivity index (χ2n) is 8.97. The van der Waals surface area contributed by atoms with E-state index in [1.807, 2.05) is 37.3 Å². The molecule has 178 valence electrons. The van der Waals surface area contributed by atoms with Crippen molar-refractivity contribution in [1.82, 2.24) is 4.57 Å². The molecule has 0 bridgehead atoms. The van der Waals surface area contributed by atoms with Gasteiger partial charge in [-0.05, 0) is 62.4 Å². The number of hydrogen-bond donors (Lipinski definition) is 0. The molecule has 0 amide bonds. The Hall–Kier alpha value is -2.14. The van der Waals surface area contributed by atoms with Gasteiger partial charge in [0.2, 0.25) is 0 Å². The predicted molar refractivity (Wildman–Crippen MR) is 142 cm³/mol. The second kappa shape index (κ2) is 11.8. The summed E-state index contributed by atoms with van der Waals surface area (Å²) in [7, 11) is 0. The zero-order valence-corrected chi connectivity index (χ0v) is 22.0. The fourth-order valence-electron chi connectivity index (χ4n) is 4.56. The average molecular weight is 515 g/mol. The first-order valence-electron chi connectivity index (χ1n) is 12.2. The number of alkyl halides is 1. The molecule has 0 radical (unpaired) electrons. The number of carbonyl (C=O) groups excluding carboxylic acids is 1. The van der Waals surface area contributed by atoms with Gasteiger partial charge >= 0.3 is 5.97 Å². The molecule has 3 aromatic rings. The molecule has 1 unspecified atom stereocenters. The maximum Gasteiger partial charge on any atom is 0.313 e. The van der Waals surface area contributed by atoms with E-state index in [2.05, 4.69) is 41.3 Å². The Balaban J connectivity index is 2.04. The van der Waals surface area contributed by atoms with Crippen LogP contribution >= 0.6 is 15.9 Å². The number of rotatable bonds is 11. The van der Waals surface area contributed by atoms with Crippen molar-refractivity contribution in [2.75, 3.05) is 11.9 Å². The molecule has 1 atom stereocenters. The van der Waals surface area contributed by atoms with Crippen molar-refractivity contribution < 1.29 is 9.53 Å². The van der Waals surface area contributed by atoms with Gasteiger partial charge in [0, 0.05) is 17.3 Å². The van der Waals surface area contributed by atoms with Crippen LogP contribution in [0, 0.1) is 13.8 Å². The Morgan fingerprint density at radius 1 is 1.06 bits per heavy atom. The number of aryl methyl sites for hydroxylation is 3. The van der Waals surface area contributed by atoms with Crippen molar-refractivity contribution in [3.05, 3.63) is 57.2 Å². The highest BCUT2D eigenvalue weighted by atomic mass is 79.9. The molecule has 2 aromatic carbocycles. The van der Waals surface area contributed by atoms with Crippen LogP contribution in [0.25, 0.3) is 21.8 Å². The van der Waals surface area contributed by atoms with E-state index in [9.17, 15) is 9.59 Å². The minimum absolute atomic E-state index is 0.00647. The van der Waals surface area contributed by atoms with Crippen LogP contribution in [0.5, 0.6) is 0 Å². The summed E-state index contributed by atoms with van der Waals surface area (Å²) in [5, 5.41) is 2.23. The van der Waals surface area contributed by atoms with Gasteiger partial charge in [-0.3, -0.25) is 9.59 Å². The fraction of sp³-hybridized carbons (Fsp3) is 0.500. The molecular formula is C28H36BrNO3. The summed E-state index contributed by atoms with van der Waals surface area (Å²) in [6, 6.07) is 9.80. The van der Waals surface area contributed by atoms with Crippen molar-refractivity contribution in [2.45, 2.75) is 78.7 Å². The first kappa shape index (κ1) is 25.5. The Morgan fingerprint density at radius 3 is 2.55 bits per heavy atom. The number of esters is 1. The molecule has 0 saturated heterocycles. The summed E-state index contributed by atoms with van der Waals surface area (Å²) >= 11 is 3.55. The topological polar surface area (TPSA) is 48.3 Å². The molecule has 33 heavy (non-hydrogen) atoms. The molecule has 4 nitrogen and oxygen atoms in total. The predicted octanol–water partition coefficient (Wildman–Crippen LogP) is 7.17. The van der Waals surface area contributed by atoms with Crippen molar-refractivity contribution in [3.8, 4) is 0 Å². The average Bonchev–Trinajstić information content (AvgIpc) is 2.82. The summed E-state index contributed by atoms with van der Waals surface area (Å²) in [6.07, 6.45) is 6.49. The van der Waals surface area contributed by atoms with Crippen LogP contribution in [0.4, 0.5) is 0 Å². The Morgan fingerprint density at radius 2 is 1.82 bits per heavy atom. The number of benzene rings is 2. The maximum absolute atomic E-state index is 13.7. The van der Waals surface area contributed by atoms with E-state index in [-0.39, 0.29) is 11.4 Å². The molecule has 0 aliphatic carbocycles. The van der Waals surface area contributed by atoms with Crippen molar-refractivity contribution in [3.63, 3.8) is 0 Å².